The van der Waals surface area contributed by atoms with E-state index < -0.39 is 5.91 Å². The molecule has 2 aromatic rings. The molecule has 0 spiro atoms. The normalized spacial score (nSPS) is 16.8. The molecule has 144 valence electrons. The average Bonchev–Trinajstić information content (AvgIpc) is 2.95. The van der Waals surface area contributed by atoms with E-state index in [1.54, 1.807) is 36.2 Å². The lowest BCUT2D eigenvalue weighted by atomic mass is 10.1. The topological polar surface area (TPSA) is 85.0 Å². The second kappa shape index (κ2) is 8.75. The Balaban J connectivity index is 1.84. The standard InChI is InChI=1S/C21H21N3O3S/c1-3-15-8-4-5-10-17(15)23-21-24(2)20(26)18(28-21)12-14-7-6-9-16(11-14)27-13-19(22)25/h4-12H,3,13H2,1-2H3,(H2,22,25)/b18-12-,23-21?. The average molecular weight is 395 g/mol. The summed E-state index contributed by atoms with van der Waals surface area (Å²) in [5.74, 6) is -0.135. The Morgan fingerprint density at radius 1 is 1.25 bits per heavy atom. The van der Waals surface area contributed by atoms with E-state index in [1.807, 2.05) is 30.3 Å². The van der Waals surface area contributed by atoms with Gasteiger partial charge in [0.25, 0.3) is 11.8 Å². The lowest BCUT2D eigenvalue weighted by Crippen LogP contribution is -2.23. The molecule has 6 nitrogen and oxygen atoms in total. The fraction of sp³-hybridized carbons (Fsp3) is 0.190. The zero-order chi connectivity index (χ0) is 20.1. The first-order chi connectivity index (χ1) is 13.5. The first kappa shape index (κ1) is 19.7. The fourth-order valence-electron chi connectivity index (χ4n) is 2.67. The van der Waals surface area contributed by atoms with Crippen LogP contribution in [0.1, 0.15) is 18.1 Å². The molecule has 0 saturated carbocycles. The summed E-state index contributed by atoms with van der Waals surface area (Å²) in [6.07, 6.45) is 2.66. The number of benzene rings is 2. The van der Waals surface area contributed by atoms with Crippen LogP contribution in [0.2, 0.25) is 0 Å². The van der Waals surface area contributed by atoms with Crippen LogP contribution >= 0.6 is 11.8 Å². The molecule has 3 rings (SSSR count). The molecule has 0 unspecified atom stereocenters. The predicted octanol–water partition coefficient (Wildman–Crippen LogP) is 3.35. The number of aryl methyl sites for hydroxylation is 1. The number of thioether (sulfide) groups is 1. The van der Waals surface area contributed by atoms with Gasteiger partial charge in [0, 0.05) is 7.05 Å². The van der Waals surface area contributed by atoms with Gasteiger partial charge in [0.05, 0.1) is 10.6 Å². The van der Waals surface area contributed by atoms with Crippen molar-refractivity contribution >= 4 is 40.5 Å². The summed E-state index contributed by atoms with van der Waals surface area (Å²) in [5.41, 5.74) is 7.90. The van der Waals surface area contributed by atoms with Gasteiger partial charge in [0.2, 0.25) is 0 Å². The molecule has 1 heterocycles. The van der Waals surface area contributed by atoms with Crippen LogP contribution < -0.4 is 10.5 Å². The summed E-state index contributed by atoms with van der Waals surface area (Å²) in [6, 6.07) is 15.1. The number of nitrogens with two attached hydrogens (primary N) is 1. The number of primary amides is 1. The van der Waals surface area contributed by atoms with E-state index in [2.05, 4.69) is 11.9 Å². The van der Waals surface area contributed by atoms with Crippen LogP contribution in [-0.2, 0) is 16.0 Å². The summed E-state index contributed by atoms with van der Waals surface area (Å²) in [7, 11) is 1.72. The van der Waals surface area contributed by atoms with Crippen molar-refractivity contribution in [2.24, 2.45) is 10.7 Å². The van der Waals surface area contributed by atoms with Crippen LogP contribution in [0.5, 0.6) is 5.75 Å². The maximum absolute atomic E-state index is 12.6. The minimum Gasteiger partial charge on any atom is -0.484 e. The first-order valence-corrected chi connectivity index (χ1v) is 9.65. The molecule has 1 aliphatic rings. The number of hydrogen-bond acceptors (Lipinski definition) is 5. The van der Waals surface area contributed by atoms with Crippen LogP contribution in [-0.4, -0.2) is 35.5 Å². The Labute approximate surface area is 168 Å². The summed E-state index contributed by atoms with van der Waals surface area (Å²) in [5, 5.41) is 0.637. The van der Waals surface area contributed by atoms with Gasteiger partial charge in [-0.05, 0) is 53.6 Å². The zero-order valence-corrected chi connectivity index (χ0v) is 16.5. The van der Waals surface area contributed by atoms with E-state index in [1.165, 1.54) is 11.8 Å². The molecule has 28 heavy (non-hydrogen) atoms. The molecule has 1 fully saturated rings. The van der Waals surface area contributed by atoms with Crippen molar-refractivity contribution in [3.63, 3.8) is 0 Å². The summed E-state index contributed by atoms with van der Waals surface area (Å²) in [6.45, 7) is 1.89. The molecule has 0 radical (unpaired) electrons. The molecular weight excluding hydrogens is 374 g/mol. The number of aliphatic imine (C=N–C) groups is 1. The Morgan fingerprint density at radius 2 is 2.04 bits per heavy atom. The molecule has 1 aliphatic heterocycles. The highest BCUT2D eigenvalue weighted by atomic mass is 32.2. The number of hydrogen-bond donors (Lipinski definition) is 1. The van der Waals surface area contributed by atoms with E-state index in [0.29, 0.717) is 15.8 Å². The fourth-order valence-corrected chi connectivity index (χ4v) is 3.65. The first-order valence-electron chi connectivity index (χ1n) is 8.83. The maximum atomic E-state index is 12.6. The summed E-state index contributed by atoms with van der Waals surface area (Å²) < 4.78 is 5.32. The third-order valence-electron chi connectivity index (χ3n) is 4.13. The van der Waals surface area contributed by atoms with E-state index >= 15 is 0 Å². The maximum Gasteiger partial charge on any atom is 0.266 e. The smallest absolute Gasteiger partial charge is 0.266 e. The van der Waals surface area contributed by atoms with Gasteiger partial charge in [-0.15, -0.1) is 0 Å². The highest BCUT2D eigenvalue weighted by molar-refractivity contribution is 8.18. The monoisotopic (exact) mass is 395 g/mol. The second-order valence-electron chi connectivity index (χ2n) is 6.18. The lowest BCUT2D eigenvalue weighted by molar-refractivity contribution is -0.121. The molecule has 1 saturated heterocycles. The van der Waals surface area contributed by atoms with Gasteiger partial charge < -0.3 is 10.5 Å². The zero-order valence-electron chi connectivity index (χ0n) is 15.7. The number of nitrogens with zero attached hydrogens (tertiary/aromatic N) is 2. The number of carbonyl (C=O) groups is 2. The van der Waals surface area contributed by atoms with Gasteiger partial charge in [-0.1, -0.05) is 37.3 Å². The van der Waals surface area contributed by atoms with Gasteiger partial charge in [0.1, 0.15) is 5.75 Å². The Hall–Kier alpha value is -3.06. The summed E-state index contributed by atoms with van der Waals surface area (Å²) in [4.78, 5) is 30.3. The molecule has 0 aliphatic carbocycles. The van der Waals surface area contributed by atoms with Crippen molar-refractivity contribution in [3.05, 3.63) is 64.6 Å². The molecule has 0 atom stereocenters. The minimum absolute atomic E-state index is 0.110. The van der Waals surface area contributed by atoms with Gasteiger partial charge in [-0.25, -0.2) is 4.99 Å². The van der Waals surface area contributed by atoms with Crippen molar-refractivity contribution < 1.29 is 14.3 Å². The highest BCUT2D eigenvalue weighted by Crippen LogP contribution is 2.34. The minimum atomic E-state index is -0.542. The molecule has 2 amide bonds. The van der Waals surface area contributed by atoms with Gasteiger partial charge >= 0.3 is 0 Å². The number of carbonyl (C=O) groups excluding carboxylic acids is 2. The molecule has 2 aromatic carbocycles. The molecule has 0 aromatic heterocycles. The largest absolute Gasteiger partial charge is 0.484 e. The van der Waals surface area contributed by atoms with Crippen molar-refractivity contribution in [1.82, 2.24) is 4.90 Å². The van der Waals surface area contributed by atoms with E-state index in [0.717, 1.165) is 23.2 Å². The number of amidine groups is 1. The number of ether oxygens (including phenoxy) is 1. The van der Waals surface area contributed by atoms with Crippen LogP contribution in [0.15, 0.2) is 58.4 Å². The van der Waals surface area contributed by atoms with Crippen LogP contribution in [0, 0.1) is 0 Å². The molecule has 7 heteroatoms. The molecule has 2 N–H and O–H groups in total. The van der Waals surface area contributed by atoms with Crippen molar-refractivity contribution in [3.8, 4) is 5.75 Å². The van der Waals surface area contributed by atoms with E-state index in [4.69, 9.17) is 10.5 Å². The molecule has 0 bridgehead atoms. The predicted molar refractivity (Wildman–Crippen MR) is 112 cm³/mol. The Morgan fingerprint density at radius 3 is 2.79 bits per heavy atom. The number of para-hydroxylation sites is 1. The number of likely N-dealkylation sites (N-methyl/N-ethyl adjacent to an activating group) is 1. The van der Waals surface area contributed by atoms with Gasteiger partial charge in [-0.3, -0.25) is 14.5 Å². The third kappa shape index (κ3) is 4.61. The third-order valence-corrected chi connectivity index (χ3v) is 5.19. The van der Waals surface area contributed by atoms with Crippen LogP contribution in [0.4, 0.5) is 5.69 Å². The van der Waals surface area contributed by atoms with Crippen LogP contribution in [0.25, 0.3) is 6.08 Å². The summed E-state index contributed by atoms with van der Waals surface area (Å²) >= 11 is 1.33. The van der Waals surface area contributed by atoms with Gasteiger partial charge in [0.15, 0.2) is 11.8 Å². The number of rotatable bonds is 6. The molecular formula is C21H21N3O3S. The SMILES string of the molecule is CCc1ccccc1N=C1S/C(=C\c2cccc(OCC(N)=O)c2)C(=O)N1C. The highest BCUT2D eigenvalue weighted by Gasteiger charge is 2.30. The van der Waals surface area contributed by atoms with Crippen molar-refractivity contribution in [2.45, 2.75) is 13.3 Å². The van der Waals surface area contributed by atoms with Gasteiger partial charge in [-0.2, -0.15) is 0 Å². The lowest BCUT2D eigenvalue weighted by Gasteiger charge is -2.08. The second-order valence-corrected chi connectivity index (χ2v) is 7.19. The van der Waals surface area contributed by atoms with E-state index in [9.17, 15) is 9.59 Å². The van der Waals surface area contributed by atoms with Crippen LogP contribution in [0.3, 0.4) is 0 Å². The Bertz CT molecular complexity index is 969. The number of amides is 2. The quantitative estimate of drug-likeness (QED) is 0.760. The Kier molecular flexibility index (Phi) is 6.16. The van der Waals surface area contributed by atoms with Crippen molar-refractivity contribution in [1.29, 1.82) is 0 Å². The van der Waals surface area contributed by atoms with Crippen molar-refractivity contribution in [2.75, 3.05) is 13.7 Å². The van der Waals surface area contributed by atoms with E-state index in [-0.39, 0.29) is 12.5 Å².